The van der Waals surface area contributed by atoms with Gasteiger partial charge in [-0.15, -0.1) is 0 Å². The molecule has 1 heterocycles. The number of ether oxygens (including phenoxy) is 3. The first-order valence-corrected chi connectivity index (χ1v) is 11.2. The van der Waals surface area contributed by atoms with Crippen LogP contribution in [-0.4, -0.2) is 71.2 Å². The van der Waals surface area contributed by atoms with Gasteiger partial charge in [-0.05, 0) is 38.5 Å². The molecular weight excluding hydrogens is 442 g/mol. The zero-order valence-corrected chi connectivity index (χ0v) is 20.6. The maximum atomic E-state index is 12.3. The van der Waals surface area contributed by atoms with Crippen LogP contribution in [0.15, 0.2) is 33.5 Å². The van der Waals surface area contributed by atoms with Crippen LogP contribution >= 0.6 is 0 Å². The van der Waals surface area contributed by atoms with E-state index in [0.717, 1.165) is 11.1 Å². The Bertz CT molecular complexity index is 1010. The number of amides is 2. The Balaban J connectivity index is 1.62. The van der Waals surface area contributed by atoms with Gasteiger partial charge in [0.15, 0.2) is 0 Å². The summed E-state index contributed by atoms with van der Waals surface area (Å²) in [6.45, 7) is 7.47. The van der Waals surface area contributed by atoms with Crippen LogP contribution in [0.1, 0.15) is 26.3 Å². The first-order chi connectivity index (χ1) is 16.0. The molecule has 10 nitrogen and oxygen atoms in total. The number of alkyl carbamates (subject to hydrolysis) is 1. The van der Waals surface area contributed by atoms with Gasteiger partial charge in [0, 0.05) is 50.4 Å². The van der Waals surface area contributed by atoms with Crippen LogP contribution in [0.5, 0.6) is 0 Å². The lowest BCUT2D eigenvalue weighted by Gasteiger charge is -2.19. The van der Waals surface area contributed by atoms with Crippen LogP contribution in [0.2, 0.25) is 0 Å². The second kappa shape index (κ2) is 13.0. The van der Waals surface area contributed by atoms with Crippen LogP contribution < -0.4 is 21.2 Å². The average molecular weight is 478 g/mol. The maximum absolute atomic E-state index is 12.3. The van der Waals surface area contributed by atoms with E-state index in [9.17, 15) is 14.4 Å². The monoisotopic (exact) mass is 477 g/mol. The van der Waals surface area contributed by atoms with Crippen molar-refractivity contribution in [1.82, 2.24) is 10.6 Å². The number of fused-ring (bicyclic) bond motifs is 1. The molecule has 0 saturated carbocycles. The van der Waals surface area contributed by atoms with Gasteiger partial charge in [-0.3, -0.25) is 4.79 Å². The summed E-state index contributed by atoms with van der Waals surface area (Å²) in [6.07, 6.45) is -0.414. The molecule has 0 radical (unpaired) electrons. The molecule has 0 atom stereocenters. The van der Waals surface area contributed by atoms with Crippen molar-refractivity contribution in [3.05, 3.63) is 40.2 Å². The predicted molar refractivity (Wildman–Crippen MR) is 129 cm³/mol. The summed E-state index contributed by atoms with van der Waals surface area (Å²) in [4.78, 5) is 37.6. The SMILES string of the molecule is CN(C)c1ccc2c(CC(=O)NCCOCCOCCNC(=O)OC(C)(C)C)cc(=O)oc2c1. The van der Waals surface area contributed by atoms with Gasteiger partial charge in [0.25, 0.3) is 0 Å². The minimum atomic E-state index is -0.534. The van der Waals surface area contributed by atoms with Crippen LogP contribution in [-0.2, 0) is 25.4 Å². The third-order valence-corrected chi connectivity index (χ3v) is 4.54. The summed E-state index contributed by atoms with van der Waals surface area (Å²) in [5.74, 6) is -0.211. The first-order valence-electron chi connectivity index (χ1n) is 11.2. The van der Waals surface area contributed by atoms with E-state index >= 15 is 0 Å². The molecule has 2 N–H and O–H groups in total. The molecule has 0 aliphatic rings. The standard InChI is InChI=1S/C24H35N3O7/c1-24(2,3)34-23(30)26-9-11-32-13-12-31-10-8-25-21(28)14-17-15-22(29)33-20-16-18(27(4)5)6-7-19(17)20/h6-7,15-16H,8-14H2,1-5H3,(H,25,28)(H,26,30). The summed E-state index contributed by atoms with van der Waals surface area (Å²) in [5.41, 5.74) is 0.941. The van der Waals surface area contributed by atoms with Crippen molar-refractivity contribution in [3.63, 3.8) is 0 Å². The molecule has 0 unspecified atom stereocenters. The Morgan fingerprint density at radius 3 is 2.24 bits per heavy atom. The van der Waals surface area contributed by atoms with Gasteiger partial charge in [-0.2, -0.15) is 0 Å². The van der Waals surface area contributed by atoms with Crippen molar-refractivity contribution in [1.29, 1.82) is 0 Å². The average Bonchev–Trinajstić information content (AvgIpc) is 2.73. The van der Waals surface area contributed by atoms with Crippen molar-refractivity contribution in [2.24, 2.45) is 0 Å². The molecule has 0 fully saturated rings. The molecule has 0 saturated heterocycles. The summed E-state index contributed by atoms with van der Waals surface area (Å²) in [7, 11) is 3.80. The fourth-order valence-electron chi connectivity index (χ4n) is 3.00. The van der Waals surface area contributed by atoms with Crippen molar-refractivity contribution in [2.75, 3.05) is 58.5 Å². The molecule has 34 heavy (non-hydrogen) atoms. The van der Waals surface area contributed by atoms with Gasteiger partial charge in [0.1, 0.15) is 11.2 Å². The smallest absolute Gasteiger partial charge is 0.407 e. The second-order valence-electron chi connectivity index (χ2n) is 8.85. The topological polar surface area (TPSA) is 119 Å². The number of hydrogen-bond acceptors (Lipinski definition) is 8. The number of carbonyl (C=O) groups is 2. The van der Waals surface area contributed by atoms with E-state index in [1.54, 1.807) is 26.8 Å². The Morgan fingerprint density at radius 2 is 1.62 bits per heavy atom. The van der Waals surface area contributed by atoms with Crippen molar-refractivity contribution < 1.29 is 28.2 Å². The highest BCUT2D eigenvalue weighted by atomic mass is 16.6. The Kier molecular flexibility index (Phi) is 10.3. The van der Waals surface area contributed by atoms with E-state index < -0.39 is 17.3 Å². The summed E-state index contributed by atoms with van der Waals surface area (Å²) >= 11 is 0. The molecular formula is C24H35N3O7. The van der Waals surface area contributed by atoms with Gasteiger partial charge >= 0.3 is 11.7 Å². The fourth-order valence-corrected chi connectivity index (χ4v) is 3.00. The number of carbonyl (C=O) groups excluding carboxylic acids is 2. The molecule has 2 aromatic rings. The molecule has 2 rings (SSSR count). The number of rotatable bonds is 12. The molecule has 1 aromatic carbocycles. The molecule has 188 valence electrons. The zero-order chi connectivity index (χ0) is 25.1. The van der Waals surface area contributed by atoms with Gasteiger partial charge in [-0.1, -0.05) is 0 Å². The molecule has 2 amide bonds. The summed E-state index contributed by atoms with van der Waals surface area (Å²) in [6, 6.07) is 6.89. The third kappa shape index (κ3) is 9.80. The summed E-state index contributed by atoms with van der Waals surface area (Å²) < 4.78 is 21.2. The minimum absolute atomic E-state index is 0.0666. The minimum Gasteiger partial charge on any atom is -0.444 e. The van der Waals surface area contributed by atoms with E-state index in [4.69, 9.17) is 18.6 Å². The Morgan fingerprint density at radius 1 is 0.971 bits per heavy atom. The van der Waals surface area contributed by atoms with Crippen LogP contribution in [0.25, 0.3) is 11.0 Å². The van der Waals surface area contributed by atoms with E-state index in [-0.39, 0.29) is 12.3 Å². The van der Waals surface area contributed by atoms with Crippen molar-refractivity contribution in [3.8, 4) is 0 Å². The van der Waals surface area contributed by atoms with Crippen molar-refractivity contribution in [2.45, 2.75) is 32.8 Å². The van der Waals surface area contributed by atoms with Gasteiger partial charge in [-0.25, -0.2) is 9.59 Å². The fraction of sp³-hybridized carbons (Fsp3) is 0.542. The molecule has 0 bridgehead atoms. The zero-order valence-electron chi connectivity index (χ0n) is 20.6. The number of anilines is 1. The molecule has 0 spiro atoms. The molecule has 1 aromatic heterocycles. The highest BCUT2D eigenvalue weighted by Gasteiger charge is 2.15. The first kappa shape index (κ1) is 27.1. The van der Waals surface area contributed by atoms with Crippen LogP contribution in [0, 0.1) is 0 Å². The van der Waals surface area contributed by atoms with E-state index in [1.165, 1.54) is 6.07 Å². The molecule has 10 heteroatoms. The normalized spacial score (nSPS) is 11.3. The highest BCUT2D eigenvalue weighted by molar-refractivity contribution is 5.88. The second-order valence-corrected chi connectivity index (χ2v) is 8.85. The molecule has 0 aliphatic carbocycles. The lowest BCUT2D eigenvalue weighted by atomic mass is 10.1. The Labute approximate surface area is 199 Å². The number of nitrogens with zero attached hydrogens (tertiary/aromatic N) is 1. The number of hydrogen-bond donors (Lipinski definition) is 2. The quantitative estimate of drug-likeness (QED) is 0.352. The molecule has 0 aliphatic heterocycles. The van der Waals surface area contributed by atoms with E-state index in [1.807, 2.05) is 31.1 Å². The largest absolute Gasteiger partial charge is 0.444 e. The van der Waals surface area contributed by atoms with Crippen LogP contribution in [0.4, 0.5) is 10.5 Å². The lowest BCUT2D eigenvalue weighted by molar-refractivity contribution is -0.120. The van der Waals surface area contributed by atoms with Gasteiger partial charge in [0.05, 0.1) is 32.8 Å². The lowest BCUT2D eigenvalue weighted by Crippen LogP contribution is -2.34. The predicted octanol–water partition coefficient (Wildman–Crippen LogP) is 2.08. The van der Waals surface area contributed by atoms with Crippen LogP contribution in [0.3, 0.4) is 0 Å². The van der Waals surface area contributed by atoms with E-state index in [2.05, 4.69) is 10.6 Å². The van der Waals surface area contributed by atoms with Gasteiger partial charge in [0.2, 0.25) is 5.91 Å². The van der Waals surface area contributed by atoms with E-state index in [0.29, 0.717) is 50.7 Å². The summed E-state index contributed by atoms with van der Waals surface area (Å²) in [5, 5.41) is 6.11. The maximum Gasteiger partial charge on any atom is 0.407 e. The van der Waals surface area contributed by atoms with Gasteiger partial charge < -0.3 is 34.2 Å². The van der Waals surface area contributed by atoms with Crippen molar-refractivity contribution >= 4 is 28.7 Å². The number of nitrogens with one attached hydrogen (secondary N) is 2. The number of benzene rings is 1. The highest BCUT2D eigenvalue weighted by Crippen LogP contribution is 2.23. The Hall–Kier alpha value is -3.11. The third-order valence-electron chi connectivity index (χ3n) is 4.54.